The molecule has 0 radical (unpaired) electrons. The molecular formula is C13H25NO7. The number of hydrogen-bond donors (Lipinski definition) is 2. The van der Waals surface area contributed by atoms with E-state index in [-0.39, 0.29) is 13.2 Å². The quantitative estimate of drug-likeness (QED) is 0.426. The van der Waals surface area contributed by atoms with Crippen molar-refractivity contribution in [3.05, 3.63) is 0 Å². The SMILES string of the molecule is CC(C)(C)OC(=O)COCCOCCOCCNC(=O)O. The number of nitrogens with one attached hydrogen (secondary N) is 1. The molecule has 8 nitrogen and oxygen atoms in total. The number of carboxylic acid groups (broad SMARTS) is 1. The molecule has 8 heteroatoms. The Labute approximate surface area is 124 Å². The van der Waals surface area contributed by atoms with Gasteiger partial charge in [0, 0.05) is 6.54 Å². The summed E-state index contributed by atoms with van der Waals surface area (Å²) in [5, 5.41) is 10.5. The summed E-state index contributed by atoms with van der Waals surface area (Å²) < 4.78 is 20.5. The van der Waals surface area contributed by atoms with Gasteiger partial charge in [0.05, 0.1) is 33.0 Å². The van der Waals surface area contributed by atoms with Gasteiger partial charge in [-0.3, -0.25) is 0 Å². The van der Waals surface area contributed by atoms with Crippen molar-refractivity contribution in [3.63, 3.8) is 0 Å². The first-order valence-corrected chi connectivity index (χ1v) is 6.73. The van der Waals surface area contributed by atoms with Crippen LogP contribution < -0.4 is 5.32 Å². The molecule has 0 fully saturated rings. The molecule has 0 aromatic rings. The highest BCUT2D eigenvalue weighted by atomic mass is 16.6. The molecule has 0 aromatic carbocycles. The Morgan fingerprint density at radius 1 is 0.952 bits per heavy atom. The van der Waals surface area contributed by atoms with E-state index in [1.54, 1.807) is 20.8 Å². The normalized spacial score (nSPS) is 11.2. The Morgan fingerprint density at radius 3 is 2.00 bits per heavy atom. The molecule has 0 saturated carbocycles. The number of ether oxygens (including phenoxy) is 4. The second-order valence-electron chi connectivity index (χ2n) is 5.10. The molecule has 2 N–H and O–H groups in total. The van der Waals surface area contributed by atoms with Crippen LogP contribution in [0.15, 0.2) is 0 Å². The fourth-order valence-electron chi connectivity index (χ4n) is 1.20. The van der Waals surface area contributed by atoms with Gasteiger partial charge < -0.3 is 29.4 Å². The highest BCUT2D eigenvalue weighted by Gasteiger charge is 2.15. The number of esters is 1. The van der Waals surface area contributed by atoms with Crippen molar-refractivity contribution >= 4 is 12.1 Å². The van der Waals surface area contributed by atoms with Gasteiger partial charge in [-0.1, -0.05) is 0 Å². The van der Waals surface area contributed by atoms with Gasteiger partial charge in [0.1, 0.15) is 12.2 Å². The maximum atomic E-state index is 11.3. The summed E-state index contributed by atoms with van der Waals surface area (Å²) >= 11 is 0. The lowest BCUT2D eigenvalue weighted by Crippen LogP contribution is -2.27. The molecular weight excluding hydrogens is 282 g/mol. The van der Waals surface area contributed by atoms with Crippen LogP contribution in [-0.4, -0.2) is 69.0 Å². The van der Waals surface area contributed by atoms with E-state index in [0.29, 0.717) is 33.0 Å². The predicted octanol–water partition coefficient (Wildman–Crippen LogP) is 0.646. The van der Waals surface area contributed by atoms with Crippen molar-refractivity contribution in [2.45, 2.75) is 26.4 Å². The average molecular weight is 307 g/mol. The molecule has 0 unspecified atom stereocenters. The van der Waals surface area contributed by atoms with Crippen molar-refractivity contribution in [2.75, 3.05) is 46.2 Å². The Bertz CT molecular complexity index is 301. The summed E-state index contributed by atoms with van der Waals surface area (Å²) in [4.78, 5) is 21.4. The molecule has 1 amide bonds. The topological polar surface area (TPSA) is 103 Å². The highest BCUT2D eigenvalue weighted by Crippen LogP contribution is 2.06. The lowest BCUT2D eigenvalue weighted by molar-refractivity contribution is -0.160. The van der Waals surface area contributed by atoms with Crippen LogP contribution in [0.4, 0.5) is 4.79 Å². The number of rotatable bonds is 11. The molecule has 0 saturated heterocycles. The molecule has 0 aliphatic carbocycles. The molecule has 0 rings (SSSR count). The smallest absolute Gasteiger partial charge is 0.404 e. The molecule has 0 spiro atoms. The Morgan fingerprint density at radius 2 is 1.48 bits per heavy atom. The number of hydrogen-bond acceptors (Lipinski definition) is 6. The van der Waals surface area contributed by atoms with Gasteiger partial charge in [0.2, 0.25) is 0 Å². The zero-order chi connectivity index (χ0) is 16.1. The summed E-state index contributed by atoms with van der Waals surface area (Å²) in [5.74, 6) is -0.406. The molecule has 21 heavy (non-hydrogen) atoms. The summed E-state index contributed by atoms with van der Waals surface area (Å²) in [6, 6.07) is 0. The van der Waals surface area contributed by atoms with E-state index in [1.807, 2.05) is 0 Å². The van der Waals surface area contributed by atoms with Crippen LogP contribution in [0.25, 0.3) is 0 Å². The fourth-order valence-corrected chi connectivity index (χ4v) is 1.20. The van der Waals surface area contributed by atoms with Crippen LogP contribution in [-0.2, 0) is 23.7 Å². The summed E-state index contributed by atoms with van der Waals surface area (Å²) in [6.07, 6.45) is -1.07. The minimum Gasteiger partial charge on any atom is -0.465 e. The predicted molar refractivity (Wildman–Crippen MR) is 74.3 cm³/mol. The van der Waals surface area contributed by atoms with Crippen LogP contribution in [0.5, 0.6) is 0 Å². The summed E-state index contributed by atoms with van der Waals surface area (Å²) in [6.45, 7) is 7.20. The van der Waals surface area contributed by atoms with Gasteiger partial charge in [0.25, 0.3) is 0 Å². The second-order valence-corrected chi connectivity index (χ2v) is 5.10. The monoisotopic (exact) mass is 307 g/mol. The first-order valence-electron chi connectivity index (χ1n) is 6.73. The number of carbonyl (C=O) groups excluding carboxylic acids is 1. The van der Waals surface area contributed by atoms with Gasteiger partial charge >= 0.3 is 12.1 Å². The third kappa shape index (κ3) is 16.6. The van der Waals surface area contributed by atoms with E-state index >= 15 is 0 Å². The number of amides is 1. The second kappa shape index (κ2) is 11.3. The molecule has 124 valence electrons. The first kappa shape index (κ1) is 19.6. The Balaban J connectivity index is 3.22. The van der Waals surface area contributed by atoms with Crippen LogP contribution in [0.1, 0.15) is 20.8 Å². The lowest BCUT2D eigenvalue weighted by atomic mass is 10.2. The van der Waals surface area contributed by atoms with E-state index in [4.69, 9.17) is 24.1 Å². The maximum Gasteiger partial charge on any atom is 0.404 e. The number of carbonyl (C=O) groups is 2. The van der Waals surface area contributed by atoms with Crippen molar-refractivity contribution < 1.29 is 33.6 Å². The fraction of sp³-hybridized carbons (Fsp3) is 0.846. The van der Waals surface area contributed by atoms with Crippen LogP contribution in [0, 0.1) is 0 Å². The minimum absolute atomic E-state index is 0.0992. The average Bonchev–Trinajstić information content (AvgIpc) is 2.33. The third-order valence-electron chi connectivity index (χ3n) is 1.91. The van der Waals surface area contributed by atoms with Crippen molar-refractivity contribution in [1.82, 2.24) is 5.32 Å². The molecule has 0 aliphatic rings. The van der Waals surface area contributed by atoms with E-state index < -0.39 is 17.7 Å². The van der Waals surface area contributed by atoms with E-state index in [0.717, 1.165) is 0 Å². The van der Waals surface area contributed by atoms with Crippen LogP contribution in [0.3, 0.4) is 0 Å². The molecule has 0 atom stereocenters. The Hall–Kier alpha value is -1.38. The van der Waals surface area contributed by atoms with Crippen molar-refractivity contribution in [2.24, 2.45) is 0 Å². The molecule has 0 aromatic heterocycles. The van der Waals surface area contributed by atoms with E-state index in [1.165, 1.54) is 0 Å². The van der Waals surface area contributed by atoms with Crippen LogP contribution >= 0.6 is 0 Å². The van der Waals surface area contributed by atoms with Gasteiger partial charge in [-0.05, 0) is 20.8 Å². The lowest BCUT2D eigenvalue weighted by Gasteiger charge is -2.19. The molecule has 0 aliphatic heterocycles. The van der Waals surface area contributed by atoms with Gasteiger partial charge in [0.15, 0.2) is 0 Å². The van der Waals surface area contributed by atoms with E-state index in [9.17, 15) is 9.59 Å². The highest BCUT2D eigenvalue weighted by molar-refractivity contribution is 5.71. The largest absolute Gasteiger partial charge is 0.465 e. The van der Waals surface area contributed by atoms with Crippen molar-refractivity contribution in [3.8, 4) is 0 Å². The van der Waals surface area contributed by atoms with E-state index in [2.05, 4.69) is 5.32 Å². The third-order valence-corrected chi connectivity index (χ3v) is 1.91. The van der Waals surface area contributed by atoms with Gasteiger partial charge in [-0.2, -0.15) is 0 Å². The van der Waals surface area contributed by atoms with Gasteiger partial charge in [-0.25, -0.2) is 9.59 Å². The van der Waals surface area contributed by atoms with Gasteiger partial charge in [-0.15, -0.1) is 0 Å². The minimum atomic E-state index is -1.07. The maximum absolute atomic E-state index is 11.3. The zero-order valence-electron chi connectivity index (χ0n) is 12.8. The standard InChI is InChI=1S/C13H25NO7/c1-13(2,3)21-11(15)10-20-9-8-19-7-6-18-5-4-14-12(16)17/h14H,4-10H2,1-3H3,(H,16,17). The van der Waals surface area contributed by atoms with Crippen LogP contribution in [0.2, 0.25) is 0 Å². The summed E-state index contributed by atoms with van der Waals surface area (Å²) in [7, 11) is 0. The molecule has 0 heterocycles. The van der Waals surface area contributed by atoms with Crippen molar-refractivity contribution in [1.29, 1.82) is 0 Å². The first-order chi connectivity index (χ1) is 9.81. The zero-order valence-corrected chi connectivity index (χ0v) is 12.8. The Kier molecular flexibility index (Phi) is 10.6. The molecule has 0 bridgehead atoms. The summed E-state index contributed by atoms with van der Waals surface area (Å²) in [5.41, 5.74) is -0.510.